The van der Waals surface area contributed by atoms with Gasteiger partial charge in [-0.25, -0.2) is 4.98 Å². The normalized spacial score (nSPS) is 26.3. The smallest absolute Gasteiger partial charge is 0.0948 e. The fraction of sp³-hybridized carbons (Fsp3) is 0.786. The zero-order valence-corrected chi connectivity index (χ0v) is 10.8. The second-order valence-corrected chi connectivity index (χ2v) is 5.85. The van der Waals surface area contributed by atoms with Crippen LogP contribution in [-0.4, -0.2) is 16.1 Å². The molecule has 1 atom stereocenters. The fourth-order valence-electron chi connectivity index (χ4n) is 3.25. The SMILES string of the molecule is CCCC1(Cn2cncc2[C@@H]2CCCN2)CC1. The molecule has 1 saturated heterocycles. The van der Waals surface area contributed by atoms with Crippen LogP contribution in [0.3, 0.4) is 0 Å². The Balaban J connectivity index is 1.72. The van der Waals surface area contributed by atoms with Gasteiger partial charge in [0.2, 0.25) is 0 Å². The van der Waals surface area contributed by atoms with Gasteiger partial charge in [0.25, 0.3) is 0 Å². The van der Waals surface area contributed by atoms with Crippen LogP contribution in [0, 0.1) is 5.41 Å². The van der Waals surface area contributed by atoms with E-state index >= 15 is 0 Å². The molecule has 2 heterocycles. The van der Waals surface area contributed by atoms with Crippen molar-refractivity contribution in [1.82, 2.24) is 14.9 Å². The van der Waals surface area contributed by atoms with Crippen LogP contribution in [0.5, 0.6) is 0 Å². The van der Waals surface area contributed by atoms with Crippen LogP contribution in [-0.2, 0) is 6.54 Å². The Morgan fingerprint density at radius 3 is 3.06 bits per heavy atom. The van der Waals surface area contributed by atoms with E-state index in [1.54, 1.807) is 0 Å². The van der Waals surface area contributed by atoms with Gasteiger partial charge < -0.3 is 9.88 Å². The third-order valence-electron chi connectivity index (χ3n) is 4.41. The number of hydrogen-bond donors (Lipinski definition) is 1. The number of hydrogen-bond acceptors (Lipinski definition) is 2. The number of rotatable bonds is 5. The summed E-state index contributed by atoms with van der Waals surface area (Å²) in [6, 6.07) is 0.551. The second-order valence-electron chi connectivity index (χ2n) is 5.85. The standard InChI is InChI=1S/C14H23N3/c1-2-5-14(6-7-14)10-17-11-15-9-13(17)12-4-3-8-16-12/h9,11-12,16H,2-8,10H2,1H3/t12-/m0/s1. The van der Waals surface area contributed by atoms with Crippen molar-refractivity contribution in [3.05, 3.63) is 18.2 Å². The van der Waals surface area contributed by atoms with E-state index in [1.807, 2.05) is 6.33 Å². The van der Waals surface area contributed by atoms with E-state index in [-0.39, 0.29) is 0 Å². The summed E-state index contributed by atoms with van der Waals surface area (Å²) in [6.07, 6.45) is 12.2. The first-order valence-electron chi connectivity index (χ1n) is 7.06. The van der Waals surface area contributed by atoms with Gasteiger partial charge in [0.15, 0.2) is 0 Å². The van der Waals surface area contributed by atoms with Gasteiger partial charge in [-0.3, -0.25) is 0 Å². The molecule has 0 radical (unpaired) electrons. The van der Waals surface area contributed by atoms with E-state index in [4.69, 9.17) is 0 Å². The van der Waals surface area contributed by atoms with Gasteiger partial charge in [-0.1, -0.05) is 13.3 Å². The molecular formula is C14H23N3. The lowest BCUT2D eigenvalue weighted by molar-refractivity contribution is 0.375. The van der Waals surface area contributed by atoms with Gasteiger partial charge in [-0.2, -0.15) is 0 Å². The minimum Gasteiger partial charge on any atom is -0.333 e. The Kier molecular flexibility index (Phi) is 2.95. The van der Waals surface area contributed by atoms with E-state index in [9.17, 15) is 0 Å². The molecule has 2 fully saturated rings. The molecule has 3 rings (SSSR count). The Labute approximate surface area is 104 Å². The van der Waals surface area contributed by atoms with Crippen molar-refractivity contribution in [2.45, 2.75) is 58.0 Å². The summed E-state index contributed by atoms with van der Waals surface area (Å²) in [5.74, 6) is 0. The first kappa shape index (κ1) is 11.3. The van der Waals surface area contributed by atoms with Crippen molar-refractivity contribution >= 4 is 0 Å². The van der Waals surface area contributed by atoms with Crippen molar-refractivity contribution in [3.8, 4) is 0 Å². The van der Waals surface area contributed by atoms with Crippen LogP contribution in [0.15, 0.2) is 12.5 Å². The van der Waals surface area contributed by atoms with Gasteiger partial charge in [0.1, 0.15) is 0 Å². The average Bonchev–Trinajstić information content (AvgIpc) is 2.77. The van der Waals surface area contributed by atoms with E-state index in [0.29, 0.717) is 11.5 Å². The lowest BCUT2D eigenvalue weighted by atomic mass is 10.0. The summed E-state index contributed by atoms with van der Waals surface area (Å²) < 4.78 is 2.41. The van der Waals surface area contributed by atoms with Gasteiger partial charge in [-0.05, 0) is 44.1 Å². The Bertz CT molecular complexity index is 373. The summed E-state index contributed by atoms with van der Waals surface area (Å²) in [7, 11) is 0. The van der Waals surface area contributed by atoms with Crippen molar-refractivity contribution < 1.29 is 0 Å². The Morgan fingerprint density at radius 1 is 1.53 bits per heavy atom. The zero-order chi connectivity index (χ0) is 11.7. The molecule has 3 nitrogen and oxygen atoms in total. The summed E-state index contributed by atoms with van der Waals surface area (Å²) in [5.41, 5.74) is 2.02. The van der Waals surface area contributed by atoms with E-state index in [2.05, 4.69) is 28.0 Å². The molecule has 1 saturated carbocycles. The maximum absolute atomic E-state index is 4.36. The topological polar surface area (TPSA) is 29.9 Å². The summed E-state index contributed by atoms with van der Waals surface area (Å²) >= 11 is 0. The zero-order valence-electron chi connectivity index (χ0n) is 10.8. The van der Waals surface area contributed by atoms with Gasteiger partial charge in [-0.15, -0.1) is 0 Å². The third kappa shape index (κ3) is 2.25. The number of aromatic nitrogens is 2. The number of nitrogens with zero attached hydrogens (tertiary/aromatic N) is 2. The predicted octanol–water partition coefficient (Wildman–Crippen LogP) is 2.89. The average molecular weight is 233 g/mol. The summed E-state index contributed by atoms with van der Waals surface area (Å²) in [6.45, 7) is 4.65. The van der Waals surface area contributed by atoms with Crippen LogP contribution in [0.2, 0.25) is 0 Å². The molecule has 0 amide bonds. The molecular weight excluding hydrogens is 210 g/mol. The van der Waals surface area contributed by atoms with E-state index in [1.165, 1.54) is 50.8 Å². The first-order valence-corrected chi connectivity index (χ1v) is 7.06. The molecule has 0 aromatic carbocycles. The summed E-state index contributed by atoms with van der Waals surface area (Å²) in [5, 5.41) is 3.58. The number of imidazole rings is 1. The number of nitrogens with one attached hydrogen (secondary N) is 1. The molecule has 1 aromatic rings. The van der Waals surface area contributed by atoms with Crippen molar-refractivity contribution in [2.24, 2.45) is 5.41 Å². The molecule has 2 aliphatic rings. The highest BCUT2D eigenvalue weighted by molar-refractivity contribution is 5.09. The summed E-state index contributed by atoms with van der Waals surface area (Å²) in [4.78, 5) is 4.36. The maximum Gasteiger partial charge on any atom is 0.0948 e. The predicted molar refractivity (Wildman–Crippen MR) is 68.8 cm³/mol. The molecule has 1 aliphatic carbocycles. The highest BCUT2D eigenvalue weighted by Gasteiger charge is 2.42. The first-order chi connectivity index (χ1) is 8.33. The Hall–Kier alpha value is -0.830. The highest BCUT2D eigenvalue weighted by atomic mass is 15.1. The van der Waals surface area contributed by atoms with Crippen LogP contribution < -0.4 is 5.32 Å². The van der Waals surface area contributed by atoms with Crippen LogP contribution in [0.25, 0.3) is 0 Å². The molecule has 94 valence electrons. The van der Waals surface area contributed by atoms with Crippen LogP contribution in [0.1, 0.15) is 57.2 Å². The molecule has 0 unspecified atom stereocenters. The van der Waals surface area contributed by atoms with Gasteiger partial charge >= 0.3 is 0 Å². The molecule has 1 aromatic heterocycles. The Morgan fingerprint density at radius 2 is 2.41 bits per heavy atom. The monoisotopic (exact) mass is 233 g/mol. The molecule has 17 heavy (non-hydrogen) atoms. The molecule has 3 heteroatoms. The van der Waals surface area contributed by atoms with E-state index in [0.717, 1.165) is 6.54 Å². The third-order valence-corrected chi connectivity index (χ3v) is 4.41. The molecule has 0 bridgehead atoms. The molecule has 1 aliphatic heterocycles. The van der Waals surface area contributed by atoms with Crippen molar-refractivity contribution in [2.75, 3.05) is 6.54 Å². The lowest BCUT2D eigenvalue weighted by Crippen LogP contribution is -2.19. The molecule has 1 N–H and O–H groups in total. The van der Waals surface area contributed by atoms with Crippen LogP contribution in [0.4, 0.5) is 0 Å². The van der Waals surface area contributed by atoms with E-state index < -0.39 is 0 Å². The highest BCUT2D eigenvalue weighted by Crippen LogP contribution is 2.51. The van der Waals surface area contributed by atoms with Crippen molar-refractivity contribution in [1.29, 1.82) is 0 Å². The largest absolute Gasteiger partial charge is 0.333 e. The maximum atomic E-state index is 4.36. The minimum atomic E-state index is 0.551. The molecule has 0 spiro atoms. The van der Waals surface area contributed by atoms with Gasteiger partial charge in [0.05, 0.1) is 12.0 Å². The second kappa shape index (κ2) is 4.45. The fourth-order valence-corrected chi connectivity index (χ4v) is 3.25. The van der Waals surface area contributed by atoms with Crippen LogP contribution >= 0.6 is 0 Å². The van der Waals surface area contributed by atoms with Gasteiger partial charge in [0, 0.05) is 18.8 Å². The van der Waals surface area contributed by atoms with Crippen molar-refractivity contribution in [3.63, 3.8) is 0 Å². The minimum absolute atomic E-state index is 0.551. The quantitative estimate of drug-likeness (QED) is 0.847. The lowest BCUT2D eigenvalue weighted by Gasteiger charge is -2.19.